The van der Waals surface area contributed by atoms with Crippen molar-refractivity contribution in [3.8, 4) is 0 Å². The highest BCUT2D eigenvalue weighted by atomic mass is 35.5. The first kappa shape index (κ1) is 14.1. The van der Waals surface area contributed by atoms with E-state index in [0.717, 1.165) is 5.56 Å². The molecule has 1 heterocycles. The van der Waals surface area contributed by atoms with E-state index in [1.54, 1.807) is 6.07 Å². The van der Waals surface area contributed by atoms with Gasteiger partial charge in [-0.1, -0.05) is 53.5 Å². The predicted octanol–water partition coefficient (Wildman–Crippen LogP) is 3.71. The van der Waals surface area contributed by atoms with Crippen LogP contribution < -0.4 is 5.32 Å². The van der Waals surface area contributed by atoms with Gasteiger partial charge in [0, 0.05) is 6.20 Å². The molecule has 0 spiro atoms. The summed E-state index contributed by atoms with van der Waals surface area (Å²) in [7, 11) is 0. The van der Waals surface area contributed by atoms with Crippen LogP contribution in [0.4, 0.5) is 5.82 Å². The Morgan fingerprint density at radius 2 is 1.95 bits per heavy atom. The van der Waals surface area contributed by atoms with Crippen LogP contribution in [0.3, 0.4) is 0 Å². The van der Waals surface area contributed by atoms with Crippen LogP contribution in [0.1, 0.15) is 12.5 Å². The zero-order chi connectivity index (χ0) is 13.9. The molecule has 0 saturated heterocycles. The van der Waals surface area contributed by atoms with Crippen molar-refractivity contribution in [2.24, 2.45) is 0 Å². The lowest BCUT2D eigenvalue weighted by molar-refractivity contribution is 0.223. The maximum atomic E-state index is 9.69. The minimum atomic E-state index is -0.661. The summed E-state index contributed by atoms with van der Waals surface area (Å²) in [5, 5.41) is 13.7. The monoisotopic (exact) mass is 296 g/mol. The Morgan fingerprint density at radius 3 is 2.53 bits per heavy atom. The van der Waals surface area contributed by atoms with E-state index in [1.165, 1.54) is 6.20 Å². The summed E-state index contributed by atoms with van der Waals surface area (Å²) in [6.45, 7) is 1.80. The third-order valence-corrected chi connectivity index (χ3v) is 3.42. The lowest BCUT2D eigenvalue weighted by Crippen LogP contribution is -2.36. The molecular weight excluding hydrogens is 283 g/mol. The van der Waals surface area contributed by atoms with Crippen molar-refractivity contribution in [2.75, 3.05) is 11.9 Å². The third-order valence-electron chi connectivity index (χ3n) is 2.93. The van der Waals surface area contributed by atoms with E-state index in [2.05, 4.69) is 10.3 Å². The van der Waals surface area contributed by atoms with Gasteiger partial charge in [-0.05, 0) is 18.6 Å². The summed E-state index contributed by atoms with van der Waals surface area (Å²) in [5.41, 5.74) is 0.288. The van der Waals surface area contributed by atoms with E-state index < -0.39 is 5.54 Å². The second-order valence-electron chi connectivity index (χ2n) is 4.47. The number of halogens is 2. The molecule has 2 N–H and O–H groups in total. The number of aliphatic hydroxyl groups excluding tert-OH is 1. The molecule has 1 aromatic heterocycles. The molecule has 100 valence electrons. The molecule has 0 aliphatic rings. The summed E-state index contributed by atoms with van der Waals surface area (Å²) < 4.78 is 0. The Labute approximate surface area is 122 Å². The smallest absolute Gasteiger partial charge is 0.145 e. The largest absolute Gasteiger partial charge is 0.394 e. The average Bonchev–Trinajstić information content (AvgIpc) is 2.43. The van der Waals surface area contributed by atoms with Gasteiger partial charge in [-0.15, -0.1) is 0 Å². The Kier molecular flexibility index (Phi) is 4.30. The van der Waals surface area contributed by atoms with Crippen LogP contribution >= 0.6 is 23.2 Å². The molecule has 0 fully saturated rings. The Hall–Kier alpha value is -1.29. The van der Waals surface area contributed by atoms with Gasteiger partial charge in [-0.3, -0.25) is 0 Å². The van der Waals surface area contributed by atoms with Crippen LogP contribution in [0.25, 0.3) is 0 Å². The maximum Gasteiger partial charge on any atom is 0.145 e. The molecular formula is C14H14Cl2N2O. The molecule has 19 heavy (non-hydrogen) atoms. The van der Waals surface area contributed by atoms with Crippen molar-refractivity contribution in [2.45, 2.75) is 12.5 Å². The molecule has 1 unspecified atom stereocenters. The number of aromatic nitrogens is 1. The number of benzene rings is 1. The van der Waals surface area contributed by atoms with Crippen molar-refractivity contribution in [3.05, 3.63) is 58.2 Å². The van der Waals surface area contributed by atoms with Crippen LogP contribution in [0, 0.1) is 0 Å². The molecule has 0 radical (unpaired) electrons. The lowest BCUT2D eigenvalue weighted by atomic mass is 9.93. The van der Waals surface area contributed by atoms with Gasteiger partial charge in [-0.2, -0.15) is 0 Å². The fraction of sp³-hybridized carbons (Fsp3) is 0.214. The van der Waals surface area contributed by atoms with Crippen molar-refractivity contribution in [3.63, 3.8) is 0 Å². The zero-order valence-corrected chi connectivity index (χ0v) is 11.9. The highest BCUT2D eigenvalue weighted by Gasteiger charge is 2.26. The van der Waals surface area contributed by atoms with Crippen molar-refractivity contribution >= 4 is 29.0 Å². The molecule has 0 amide bonds. The maximum absolute atomic E-state index is 9.69. The van der Waals surface area contributed by atoms with Gasteiger partial charge >= 0.3 is 0 Å². The summed E-state index contributed by atoms with van der Waals surface area (Å²) in [6, 6.07) is 11.2. The number of pyridine rings is 1. The topological polar surface area (TPSA) is 45.1 Å². The molecule has 3 nitrogen and oxygen atoms in total. The van der Waals surface area contributed by atoms with Gasteiger partial charge in [0.1, 0.15) is 5.82 Å². The van der Waals surface area contributed by atoms with Crippen molar-refractivity contribution in [1.82, 2.24) is 4.98 Å². The van der Waals surface area contributed by atoms with Crippen molar-refractivity contribution in [1.29, 1.82) is 0 Å². The normalized spacial score (nSPS) is 13.9. The van der Waals surface area contributed by atoms with E-state index in [1.807, 2.05) is 37.3 Å². The fourth-order valence-electron chi connectivity index (χ4n) is 1.78. The fourth-order valence-corrected chi connectivity index (χ4v) is 2.20. The van der Waals surface area contributed by atoms with Gasteiger partial charge in [0.25, 0.3) is 0 Å². The number of anilines is 1. The van der Waals surface area contributed by atoms with Gasteiger partial charge in [-0.25, -0.2) is 4.98 Å². The van der Waals surface area contributed by atoms with Crippen LogP contribution in [-0.2, 0) is 5.54 Å². The number of hydrogen-bond acceptors (Lipinski definition) is 3. The molecule has 2 aromatic rings. The minimum Gasteiger partial charge on any atom is -0.394 e. The Balaban J connectivity index is 2.33. The first-order valence-corrected chi connectivity index (χ1v) is 6.56. The molecule has 0 aliphatic heterocycles. The number of hydrogen-bond donors (Lipinski definition) is 2. The second-order valence-corrected chi connectivity index (χ2v) is 5.31. The van der Waals surface area contributed by atoms with Crippen LogP contribution in [0.5, 0.6) is 0 Å². The van der Waals surface area contributed by atoms with E-state index in [0.29, 0.717) is 15.9 Å². The highest BCUT2D eigenvalue weighted by molar-refractivity contribution is 6.35. The van der Waals surface area contributed by atoms with Gasteiger partial charge in [0.15, 0.2) is 0 Å². The first-order chi connectivity index (χ1) is 9.05. The number of aliphatic hydroxyl groups is 1. The summed E-state index contributed by atoms with van der Waals surface area (Å²) in [6.07, 6.45) is 1.51. The average molecular weight is 297 g/mol. The van der Waals surface area contributed by atoms with Crippen LogP contribution in [-0.4, -0.2) is 16.7 Å². The summed E-state index contributed by atoms with van der Waals surface area (Å²) in [5.74, 6) is 0.492. The molecule has 1 aromatic carbocycles. The quantitative estimate of drug-likeness (QED) is 0.904. The molecule has 5 heteroatoms. The van der Waals surface area contributed by atoms with Gasteiger partial charge in [0.05, 0.1) is 22.2 Å². The standard InChI is InChI=1S/C14H14Cl2N2O/c1-14(9-19,10-5-3-2-4-6-10)18-13-12(16)7-11(15)8-17-13/h2-8,19H,9H2,1H3,(H,17,18). The minimum absolute atomic E-state index is 0.0857. The summed E-state index contributed by atoms with van der Waals surface area (Å²) >= 11 is 11.9. The molecule has 0 saturated carbocycles. The Bertz CT molecular complexity index is 563. The molecule has 1 atom stereocenters. The van der Waals surface area contributed by atoms with Crippen molar-refractivity contribution < 1.29 is 5.11 Å². The molecule has 0 aliphatic carbocycles. The number of nitrogens with zero attached hydrogens (tertiary/aromatic N) is 1. The lowest BCUT2D eigenvalue weighted by Gasteiger charge is -2.30. The second kappa shape index (κ2) is 5.78. The SMILES string of the molecule is CC(CO)(Nc1ncc(Cl)cc1Cl)c1ccccc1. The summed E-state index contributed by atoms with van der Waals surface area (Å²) in [4.78, 5) is 4.15. The van der Waals surface area contributed by atoms with Crippen LogP contribution in [0.2, 0.25) is 10.0 Å². The first-order valence-electron chi connectivity index (χ1n) is 5.81. The third kappa shape index (κ3) is 3.18. The molecule has 2 rings (SSSR count). The predicted molar refractivity (Wildman–Crippen MR) is 78.8 cm³/mol. The highest BCUT2D eigenvalue weighted by Crippen LogP contribution is 2.29. The van der Waals surface area contributed by atoms with Gasteiger partial charge < -0.3 is 10.4 Å². The zero-order valence-electron chi connectivity index (χ0n) is 10.4. The number of nitrogens with one attached hydrogen (secondary N) is 1. The van der Waals surface area contributed by atoms with Crippen LogP contribution in [0.15, 0.2) is 42.6 Å². The van der Waals surface area contributed by atoms with E-state index >= 15 is 0 Å². The molecule has 0 bridgehead atoms. The Morgan fingerprint density at radius 1 is 1.26 bits per heavy atom. The van der Waals surface area contributed by atoms with E-state index in [9.17, 15) is 5.11 Å². The van der Waals surface area contributed by atoms with Gasteiger partial charge in [0.2, 0.25) is 0 Å². The van der Waals surface area contributed by atoms with E-state index in [-0.39, 0.29) is 6.61 Å². The number of rotatable bonds is 4. The van der Waals surface area contributed by atoms with E-state index in [4.69, 9.17) is 23.2 Å².